The Morgan fingerprint density at radius 1 is 0.667 bits per heavy atom. The highest BCUT2D eigenvalue weighted by Crippen LogP contribution is 2.78. The number of hydrogen-bond donors (Lipinski definition) is 0. The van der Waals surface area contributed by atoms with E-state index < -0.39 is 23.7 Å². The summed E-state index contributed by atoms with van der Waals surface area (Å²) in [5.41, 5.74) is 7.16. The molecule has 1 aliphatic rings. The molecule has 0 bridgehead atoms. The Bertz CT molecular complexity index is 774. The first-order chi connectivity index (χ1) is 13.8. The molecule has 0 spiro atoms. The van der Waals surface area contributed by atoms with Crippen LogP contribution in [0.3, 0.4) is 0 Å². The van der Waals surface area contributed by atoms with E-state index >= 15 is 0 Å². The Kier molecular flexibility index (Phi) is 10.9. The van der Waals surface area contributed by atoms with Crippen molar-refractivity contribution in [3.05, 3.63) is 72.9 Å². The summed E-state index contributed by atoms with van der Waals surface area (Å²) in [5, 5.41) is 0. The highest BCUT2D eigenvalue weighted by atomic mass is 31.3. The zero-order valence-electron chi connectivity index (χ0n) is 20.2. The molecule has 0 fully saturated rings. The van der Waals surface area contributed by atoms with E-state index in [-0.39, 0.29) is 0 Å². The molecule has 168 valence electrons. The maximum absolute atomic E-state index is 5.71. The van der Waals surface area contributed by atoms with Gasteiger partial charge in [-0.25, -0.2) is 13.4 Å². The quantitative estimate of drug-likeness (QED) is 0.212. The average molecular weight is 466 g/mol. The van der Waals surface area contributed by atoms with E-state index in [2.05, 4.69) is 89.9 Å². The van der Waals surface area contributed by atoms with Crippen LogP contribution >= 0.6 is 23.7 Å². The van der Waals surface area contributed by atoms with Crippen LogP contribution in [0.15, 0.2) is 77.4 Å². The van der Waals surface area contributed by atoms with E-state index in [9.17, 15) is 0 Å². The van der Waals surface area contributed by atoms with Gasteiger partial charge in [0.05, 0.1) is 23.7 Å². The molecule has 0 aliphatic carbocycles. The molecule has 30 heavy (non-hydrogen) atoms. The van der Waals surface area contributed by atoms with Crippen LogP contribution in [0.25, 0.3) is 0 Å². The molecule has 0 aromatic carbocycles. The number of hydrogen-bond acceptors (Lipinski definition) is 3. The fourth-order valence-corrected chi connectivity index (χ4v) is 16.9. The second-order valence-electron chi connectivity index (χ2n) is 9.15. The van der Waals surface area contributed by atoms with Crippen LogP contribution in [0.2, 0.25) is 0 Å². The van der Waals surface area contributed by atoms with E-state index in [0.717, 1.165) is 37.7 Å². The van der Waals surface area contributed by atoms with Gasteiger partial charge in [-0.3, -0.25) is 0 Å². The summed E-state index contributed by atoms with van der Waals surface area (Å²) in [7, 11) is -3.18. The fourth-order valence-electron chi connectivity index (χ4n) is 3.48. The van der Waals surface area contributed by atoms with Gasteiger partial charge in [-0.2, -0.15) is 0 Å². The highest BCUT2D eigenvalue weighted by Gasteiger charge is 2.44. The lowest BCUT2D eigenvalue weighted by Gasteiger charge is -2.52. The largest absolute Gasteiger partial charge is 0.247 e. The SMILES string of the molecule is C=C(C)CN1P(CC(=C)C)N=P(CC(=C)C)(CC(=C)C)N(CC(=C)C)P1CC(=C)C. The van der Waals surface area contributed by atoms with Gasteiger partial charge in [0.2, 0.25) is 0 Å². The highest BCUT2D eigenvalue weighted by molar-refractivity contribution is 7.85. The molecule has 0 saturated heterocycles. The van der Waals surface area contributed by atoms with Crippen molar-refractivity contribution in [3.63, 3.8) is 0 Å². The van der Waals surface area contributed by atoms with Gasteiger partial charge < -0.3 is 0 Å². The molecule has 2 unspecified atom stereocenters. The molecule has 1 aliphatic heterocycles. The molecule has 0 aromatic rings. The van der Waals surface area contributed by atoms with Crippen molar-refractivity contribution in [3.8, 4) is 0 Å². The third-order valence-corrected chi connectivity index (χ3v) is 16.0. The normalized spacial score (nSPS) is 21.5. The summed E-state index contributed by atoms with van der Waals surface area (Å²) in [6.45, 7) is 40.1. The molecule has 0 saturated carbocycles. The Balaban J connectivity index is 3.84. The lowest BCUT2D eigenvalue weighted by Crippen LogP contribution is -2.33. The van der Waals surface area contributed by atoms with Crippen LogP contribution in [-0.4, -0.2) is 46.6 Å². The van der Waals surface area contributed by atoms with Crippen molar-refractivity contribution in [2.75, 3.05) is 37.7 Å². The van der Waals surface area contributed by atoms with Crippen molar-refractivity contribution in [2.45, 2.75) is 41.5 Å². The molecule has 1 heterocycles. The predicted octanol–water partition coefficient (Wildman–Crippen LogP) is 8.80. The Morgan fingerprint density at radius 2 is 1.13 bits per heavy atom. The van der Waals surface area contributed by atoms with Gasteiger partial charge in [0.15, 0.2) is 0 Å². The Labute approximate surface area is 189 Å². The van der Waals surface area contributed by atoms with Crippen molar-refractivity contribution < 1.29 is 0 Å². The number of nitrogens with zero attached hydrogens (tertiary/aromatic N) is 3. The van der Waals surface area contributed by atoms with E-state index in [0.29, 0.717) is 0 Å². The Morgan fingerprint density at radius 3 is 1.50 bits per heavy atom. The monoisotopic (exact) mass is 465 g/mol. The second-order valence-corrected chi connectivity index (χ2v) is 16.9. The molecular formula is C24H42N3P3. The number of rotatable bonds is 12. The molecular weight excluding hydrogens is 423 g/mol. The Hall–Kier alpha value is -0.550. The topological polar surface area (TPSA) is 18.8 Å². The summed E-state index contributed by atoms with van der Waals surface area (Å²) in [6, 6.07) is 0. The summed E-state index contributed by atoms with van der Waals surface area (Å²) in [4.78, 5) is 0. The maximum Gasteiger partial charge on any atom is 0.0980 e. The molecule has 3 nitrogen and oxygen atoms in total. The van der Waals surface area contributed by atoms with Gasteiger partial charge in [-0.15, -0.1) is 0 Å². The lowest BCUT2D eigenvalue weighted by molar-refractivity contribution is 0.654. The molecule has 0 amide bonds. The van der Waals surface area contributed by atoms with E-state index in [1.807, 2.05) is 0 Å². The van der Waals surface area contributed by atoms with E-state index in [1.165, 1.54) is 33.4 Å². The van der Waals surface area contributed by atoms with Crippen molar-refractivity contribution in [1.82, 2.24) is 8.88 Å². The minimum absolute atomic E-state index is 0.615. The van der Waals surface area contributed by atoms with Crippen molar-refractivity contribution in [1.29, 1.82) is 0 Å². The zero-order chi connectivity index (χ0) is 23.2. The predicted molar refractivity (Wildman–Crippen MR) is 145 cm³/mol. The van der Waals surface area contributed by atoms with Crippen LogP contribution in [0.1, 0.15) is 41.5 Å². The standard InChI is InChI=1S/C24H42N3P3/c1-19(2)13-26-28(15-21(5)6)25-30(17-23(9)10,18-24(11)12)27(14-20(3)4)29(26)16-22(7)8/h1,3,5,7,9,11,13-18H2,2,4,6,8,10,12H3. The summed E-state index contributed by atoms with van der Waals surface area (Å²) in [6.07, 6.45) is 3.80. The second kappa shape index (κ2) is 11.9. The third-order valence-electron chi connectivity index (χ3n) is 4.19. The first-order valence-corrected chi connectivity index (χ1v) is 15.3. The van der Waals surface area contributed by atoms with Crippen molar-refractivity contribution >= 4 is 23.7 Å². The lowest BCUT2D eigenvalue weighted by atomic mass is 10.4. The summed E-state index contributed by atoms with van der Waals surface area (Å²) in [5.74, 6) is 0. The van der Waals surface area contributed by atoms with Crippen LogP contribution in [0.4, 0.5) is 0 Å². The van der Waals surface area contributed by atoms with Gasteiger partial charge >= 0.3 is 0 Å². The molecule has 1 rings (SSSR count). The summed E-state index contributed by atoms with van der Waals surface area (Å²) >= 11 is 0. The minimum Gasteiger partial charge on any atom is -0.247 e. The molecule has 2 atom stereocenters. The van der Waals surface area contributed by atoms with Gasteiger partial charge in [0.1, 0.15) is 0 Å². The average Bonchev–Trinajstić information content (AvgIpc) is 2.51. The third kappa shape index (κ3) is 8.18. The molecule has 0 aromatic heterocycles. The summed E-state index contributed by atoms with van der Waals surface area (Å²) < 4.78 is 11.1. The molecule has 6 heteroatoms. The minimum atomic E-state index is -1.87. The van der Waals surface area contributed by atoms with Gasteiger partial charge in [0, 0.05) is 37.7 Å². The van der Waals surface area contributed by atoms with Crippen LogP contribution in [0.5, 0.6) is 0 Å². The maximum atomic E-state index is 5.71. The molecule has 0 radical (unpaired) electrons. The number of allylic oxidation sites excluding steroid dienone is 4. The van der Waals surface area contributed by atoms with Crippen LogP contribution < -0.4 is 0 Å². The van der Waals surface area contributed by atoms with Gasteiger partial charge in [-0.05, 0) is 41.5 Å². The zero-order valence-corrected chi connectivity index (χ0v) is 22.9. The first-order valence-electron chi connectivity index (χ1n) is 10.3. The van der Waals surface area contributed by atoms with Gasteiger partial charge in [0.25, 0.3) is 0 Å². The van der Waals surface area contributed by atoms with Crippen LogP contribution in [0, 0.1) is 0 Å². The van der Waals surface area contributed by atoms with Crippen molar-refractivity contribution in [2.24, 2.45) is 4.52 Å². The smallest absolute Gasteiger partial charge is 0.0980 e. The van der Waals surface area contributed by atoms with E-state index in [1.54, 1.807) is 0 Å². The fraction of sp³-hybridized carbons (Fsp3) is 0.500. The van der Waals surface area contributed by atoms with E-state index in [4.69, 9.17) is 4.52 Å². The van der Waals surface area contributed by atoms with Gasteiger partial charge in [-0.1, -0.05) is 72.9 Å². The van der Waals surface area contributed by atoms with Crippen LogP contribution in [-0.2, 0) is 0 Å². The first kappa shape index (κ1) is 27.5. The molecule has 0 N–H and O–H groups in total.